The summed E-state index contributed by atoms with van der Waals surface area (Å²) in [6.07, 6.45) is 3.22. The zero-order valence-corrected chi connectivity index (χ0v) is 42.1. The Hall–Kier alpha value is -3.39. The van der Waals surface area contributed by atoms with Gasteiger partial charge in [-0.1, -0.05) is 24.3 Å². The maximum absolute atomic E-state index is 9.79. The second-order valence-corrected chi connectivity index (χ2v) is 21.1. The quantitative estimate of drug-likeness (QED) is 0.0301. The van der Waals surface area contributed by atoms with Crippen LogP contribution in [0.5, 0.6) is 11.5 Å². The second kappa shape index (κ2) is 21.7. The Morgan fingerprint density at radius 1 is 0.724 bits per heavy atom. The molecule has 1 atom stereocenters. The first-order valence-electron chi connectivity index (χ1n) is 18.2. The number of hydrogen-bond donors (Lipinski definition) is 7. The van der Waals surface area contributed by atoms with Crippen LogP contribution in [-0.4, -0.2) is 39.3 Å². The molecule has 0 saturated heterocycles. The standard InChI is InChI=1S/C22H18N4O2.C16H13N3S.CHClO.2HNS.3W/c23-15-9-19-13(7-21(15)27)5-17(25-19)11-1-2-12(4-3-11)18-6-14-8-22(28)16(24)10-20(14)26-18;17-20-13-3-1-10(2-4-13)15-8-12-7-11-5-6-18-14(11)9-16(12)19-15;2-1-3;2*1-2;;;/h1-4,7-10,27-28H,5-6,23-24H2;1-4,6-7,9H,5,8,17H2;1H;2*2H;;;/i;6T;1T;;;;;/hT. The molecule has 5 aromatic rings. The predicted octanol–water partition coefficient (Wildman–Crippen LogP) is 8.74. The Bertz CT molecular complexity index is 2570. The number of carbonyl (C=O) groups is 1. The number of anilines is 2. The number of aliphatic imine (C=N–C) groups is 4. The third-order valence-corrected chi connectivity index (χ3v) is 11.8. The molecule has 4 aliphatic heterocycles. The zero-order valence-electron chi connectivity index (χ0n) is 33.0. The van der Waals surface area contributed by atoms with Crippen molar-refractivity contribution in [3.63, 3.8) is 0 Å². The van der Waals surface area contributed by atoms with Gasteiger partial charge in [-0.25, -0.2) is 0 Å². The van der Waals surface area contributed by atoms with Crippen molar-refractivity contribution < 1.29 is 76.4 Å². The molecule has 0 saturated carbocycles. The van der Waals surface area contributed by atoms with Gasteiger partial charge in [0, 0.05) is 12.8 Å². The fourth-order valence-corrected chi connectivity index (χ4v) is 7.94. The molecule has 0 amide bonds. The first-order chi connectivity index (χ1) is 29.2. The molecule has 1 unspecified atom stereocenters. The van der Waals surface area contributed by atoms with Gasteiger partial charge in [0.25, 0.3) is 0 Å². The molecule has 0 aromatic heterocycles. The molecular weight excluding hydrogens is 1330 g/mol. The molecule has 58 heavy (non-hydrogen) atoms. The van der Waals surface area contributed by atoms with Gasteiger partial charge in [0.05, 0.1) is 35.5 Å². The number of nitrogen functional groups attached to an aromatic ring is 2. The van der Waals surface area contributed by atoms with Crippen molar-refractivity contribution in [3.05, 3.63) is 124 Å². The van der Waals surface area contributed by atoms with E-state index in [0.29, 0.717) is 36.8 Å². The van der Waals surface area contributed by atoms with Crippen LogP contribution >= 0.6 is 45.5 Å². The van der Waals surface area contributed by atoms with Gasteiger partial charge in [0.2, 0.25) is 5.72 Å². The number of halogens is 1. The number of nitrogens with two attached hydrogens (primary N) is 3. The van der Waals surface area contributed by atoms with Crippen molar-refractivity contribution in [3.8, 4) is 11.5 Å². The Morgan fingerprint density at radius 3 is 1.52 bits per heavy atom. The summed E-state index contributed by atoms with van der Waals surface area (Å²) in [6, 6.07) is 27.4. The summed E-state index contributed by atoms with van der Waals surface area (Å²) in [4.78, 5) is 28.4. The summed E-state index contributed by atoms with van der Waals surface area (Å²) < 4.78 is 27.2. The molecule has 0 fully saturated rings. The maximum atomic E-state index is 9.79. The molecule has 4 aliphatic rings. The predicted molar refractivity (Wildman–Crippen MR) is 231 cm³/mol. The van der Waals surface area contributed by atoms with Gasteiger partial charge >= 0.3 is 208 Å². The van der Waals surface area contributed by atoms with Gasteiger partial charge in [0.1, 0.15) is 12.9 Å². The monoisotopic (exact) mass is 1370 g/mol. The van der Waals surface area contributed by atoms with Crippen LogP contribution in [0.1, 0.15) is 41.7 Å². The minimum absolute atomic E-state index is 0.0935. The van der Waals surface area contributed by atoms with Crippen molar-refractivity contribution in [1.29, 1.82) is 0 Å². The average molecular weight is 1370 g/mol. The Kier molecular flexibility index (Phi) is 15.5. The number of phenolic OH excluding ortho intramolecular Hbond substituents is 2. The van der Waals surface area contributed by atoms with Crippen LogP contribution in [0, 0.1) is 0 Å². The number of thiol groups is 2. The van der Waals surface area contributed by atoms with Crippen molar-refractivity contribution in [2.24, 2.45) is 30.9 Å². The second-order valence-electron chi connectivity index (χ2n) is 12.5. The zero-order chi connectivity index (χ0) is 44.4. The van der Waals surface area contributed by atoms with Crippen molar-refractivity contribution in [2.45, 2.75) is 30.6 Å². The Morgan fingerprint density at radius 2 is 1.10 bits per heavy atom. The number of rotatable bonds is 5. The Balaban J connectivity index is 0.000000192. The normalized spacial score (nSPS) is 14.5. The molecule has 12 nitrogen and oxygen atoms in total. The molecule has 8 N–H and O–H groups in total. The molecule has 0 spiro atoms. The van der Waals surface area contributed by atoms with Gasteiger partial charge in [-0.05, 0) is 58.1 Å². The molecule has 0 aliphatic carbocycles. The van der Waals surface area contributed by atoms with Crippen molar-refractivity contribution >= 4 is 109 Å². The van der Waals surface area contributed by atoms with Crippen molar-refractivity contribution in [2.75, 3.05) is 11.5 Å². The van der Waals surface area contributed by atoms with Crippen LogP contribution in [0.2, 0.25) is 1.41 Å². The molecule has 0 bridgehead atoms. The van der Waals surface area contributed by atoms with E-state index in [2.05, 4.69) is 93.5 Å². The molecule has 19 heteroatoms. The third kappa shape index (κ3) is 11.5. The summed E-state index contributed by atoms with van der Waals surface area (Å²) in [7, 11) is -0.166. The van der Waals surface area contributed by atoms with Crippen LogP contribution in [0.15, 0.2) is 116 Å². The SMILES string of the molecule is Nc1cc2c(cc1O)CC(c1ccc(C3=Nc4cc(N)c(O)cc4C3)cc1)=N2.S[N]=[W].S[N]=[W].[3H]C(=O)Cl.[3H]N[S](=[W])c1ccc(C2=Nc3cc4c(cc3C2)CC([3H])=N4)cc1. The van der Waals surface area contributed by atoms with E-state index in [4.69, 9.17) is 25.4 Å². The summed E-state index contributed by atoms with van der Waals surface area (Å²) in [6.45, 7) is 0. The van der Waals surface area contributed by atoms with Gasteiger partial charge in [-0.3, -0.25) is 14.8 Å². The molecule has 0 radical (unpaired) electrons. The van der Waals surface area contributed by atoms with E-state index >= 15 is 0 Å². The number of carbonyl (C=O) groups excluding carboxylic acids is 1. The number of hydrogen-bond acceptors (Lipinski definition) is 14. The van der Waals surface area contributed by atoms with Gasteiger partial charge in [0.15, 0.2) is 0 Å². The topological polar surface area (TPSA) is 210 Å². The summed E-state index contributed by atoms with van der Waals surface area (Å²) in [5, 5.41) is 22.2. The summed E-state index contributed by atoms with van der Waals surface area (Å²) >= 11 is 14.9. The summed E-state index contributed by atoms with van der Waals surface area (Å²) in [5.41, 5.74) is 25.0. The molecular formula is C39H34ClN9O3S3W3. The van der Waals surface area contributed by atoms with Crippen LogP contribution in [0.25, 0.3) is 0 Å². The first-order valence-corrected chi connectivity index (χ1v) is 25.3. The van der Waals surface area contributed by atoms with Gasteiger partial charge in [-0.2, -0.15) is 0 Å². The fraction of sp³-hybridized carbons (Fsp3) is 0.103. The fourth-order valence-electron chi connectivity index (χ4n) is 6.36. The van der Waals surface area contributed by atoms with E-state index < -0.39 is 5.72 Å². The van der Waals surface area contributed by atoms with Gasteiger partial charge in [-0.15, -0.1) is 0 Å². The van der Waals surface area contributed by atoms with E-state index in [-0.39, 0.29) is 19.8 Å². The van der Waals surface area contributed by atoms with Crippen molar-refractivity contribution in [1.82, 2.24) is 0 Å². The van der Waals surface area contributed by atoms with Crippen LogP contribution in [0.3, 0.4) is 0 Å². The first kappa shape index (κ1) is 41.4. The average Bonchev–Trinajstić information content (AvgIpc) is 4.02. The Labute approximate surface area is 389 Å². The van der Waals surface area contributed by atoms with E-state index in [1.165, 1.54) is 23.6 Å². The number of aromatic hydroxyl groups is 2. The molecule has 4 heterocycles. The van der Waals surface area contributed by atoms with E-state index in [1.54, 1.807) is 24.3 Å². The molecule has 9 rings (SSSR count). The van der Waals surface area contributed by atoms with Crippen LogP contribution in [-0.2, 0) is 87.7 Å². The van der Waals surface area contributed by atoms with E-state index in [1.807, 2.05) is 30.3 Å². The number of phenols is 2. The van der Waals surface area contributed by atoms with E-state index in [9.17, 15) is 10.2 Å². The third-order valence-electron chi connectivity index (χ3n) is 9.00. The van der Waals surface area contributed by atoms with Crippen LogP contribution in [0.4, 0.5) is 34.1 Å². The molecule has 296 valence electrons. The van der Waals surface area contributed by atoms with E-state index in [0.717, 1.165) is 124 Å². The molecule has 5 aromatic carbocycles. The van der Waals surface area contributed by atoms with Gasteiger partial charge < -0.3 is 21.7 Å². The number of fused-ring (bicyclic) bond motifs is 4. The number of nitrogens with zero attached hydrogens (tertiary/aromatic N) is 6. The van der Waals surface area contributed by atoms with Crippen LogP contribution < -0.4 is 16.6 Å². The number of benzene rings is 5. The summed E-state index contributed by atoms with van der Waals surface area (Å²) in [5.74, 6) is 0.187. The minimum atomic E-state index is -1.11.